The molecule has 1 amide bonds. The van der Waals surface area contributed by atoms with Crippen molar-refractivity contribution in [1.29, 1.82) is 0 Å². The summed E-state index contributed by atoms with van der Waals surface area (Å²) in [7, 11) is 4.84. The first-order chi connectivity index (χ1) is 18.5. The van der Waals surface area contributed by atoms with Crippen LogP contribution in [0.5, 0.6) is 17.2 Å². The number of fused-ring (bicyclic) bond motifs is 2. The first-order valence-corrected chi connectivity index (χ1v) is 14.3. The average Bonchev–Trinajstić information content (AvgIpc) is 3.54. The lowest BCUT2D eigenvalue weighted by Crippen LogP contribution is -2.43. The molecule has 2 N–H and O–H groups in total. The molecule has 2 aliphatic carbocycles. The highest BCUT2D eigenvalue weighted by Gasteiger charge is 2.45. The quantitative estimate of drug-likeness (QED) is 0.414. The summed E-state index contributed by atoms with van der Waals surface area (Å²) in [6, 6.07) is 10.1. The van der Waals surface area contributed by atoms with Crippen molar-refractivity contribution in [2.24, 2.45) is 17.8 Å². The van der Waals surface area contributed by atoms with Crippen LogP contribution in [0.25, 0.3) is 0 Å². The first kappa shape index (κ1) is 27.0. The van der Waals surface area contributed by atoms with Crippen LogP contribution < -0.4 is 24.8 Å². The van der Waals surface area contributed by atoms with E-state index in [4.69, 9.17) is 18.9 Å². The van der Waals surface area contributed by atoms with Crippen LogP contribution in [-0.4, -0.2) is 63.9 Å². The molecule has 3 aliphatic rings. The van der Waals surface area contributed by atoms with E-state index in [0.717, 1.165) is 35.2 Å². The van der Waals surface area contributed by atoms with Crippen LogP contribution in [0, 0.1) is 17.8 Å². The number of nitrogens with zero attached hydrogens (tertiary/aromatic N) is 1. The largest absolute Gasteiger partial charge is 0.493 e. The van der Waals surface area contributed by atoms with Crippen LogP contribution in [-0.2, 0) is 11.3 Å². The molecule has 2 saturated carbocycles. The summed E-state index contributed by atoms with van der Waals surface area (Å²) < 4.78 is 24.3. The minimum atomic E-state index is 0.0226. The molecule has 0 aromatic heterocycles. The van der Waals surface area contributed by atoms with Crippen molar-refractivity contribution in [2.75, 3.05) is 52.9 Å². The molecule has 5 rings (SSSR count). The molecular weight excluding hydrogens is 502 g/mol. The van der Waals surface area contributed by atoms with Gasteiger partial charge in [-0.05, 0) is 84.9 Å². The van der Waals surface area contributed by atoms with E-state index >= 15 is 0 Å². The number of rotatable bonds is 10. The van der Waals surface area contributed by atoms with Gasteiger partial charge in [-0.15, -0.1) is 0 Å². The second-order valence-corrected chi connectivity index (χ2v) is 11.6. The molecular formula is C29H39N3O5S. The molecule has 2 bridgehead atoms. The van der Waals surface area contributed by atoms with Gasteiger partial charge in [-0.1, -0.05) is 6.92 Å². The van der Waals surface area contributed by atoms with Crippen molar-refractivity contribution in [3.8, 4) is 17.2 Å². The lowest BCUT2D eigenvalue weighted by Gasteiger charge is -2.29. The van der Waals surface area contributed by atoms with Gasteiger partial charge in [0.05, 0.1) is 34.5 Å². The fourth-order valence-corrected chi connectivity index (χ4v) is 7.19. The van der Waals surface area contributed by atoms with Gasteiger partial charge < -0.3 is 29.6 Å². The minimum absolute atomic E-state index is 0.0226. The monoisotopic (exact) mass is 541 g/mol. The molecule has 38 heavy (non-hydrogen) atoms. The number of methoxy groups -OCH3 is 3. The van der Waals surface area contributed by atoms with Crippen molar-refractivity contribution in [2.45, 2.75) is 43.7 Å². The van der Waals surface area contributed by atoms with E-state index in [1.165, 1.54) is 19.3 Å². The topological polar surface area (TPSA) is 81.3 Å². The van der Waals surface area contributed by atoms with Gasteiger partial charge in [-0.25, -0.2) is 4.31 Å². The summed E-state index contributed by atoms with van der Waals surface area (Å²) in [5.41, 5.74) is 2.67. The summed E-state index contributed by atoms with van der Waals surface area (Å²) in [5, 5.41) is 6.94. The van der Waals surface area contributed by atoms with Crippen molar-refractivity contribution < 1.29 is 23.7 Å². The first-order valence-electron chi connectivity index (χ1n) is 13.5. The Bertz CT molecular complexity index is 1110. The van der Waals surface area contributed by atoms with Gasteiger partial charge in [0.1, 0.15) is 0 Å². The van der Waals surface area contributed by atoms with E-state index in [1.807, 2.05) is 30.3 Å². The number of hydrogen-bond acceptors (Lipinski definition) is 8. The number of hydrogen-bond donors (Lipinski definition) is 2. The molecule has 2 aromatic carbocycles. The van der Waals surface area contributed by atoms with Crippen LogP contribution in [0.1, 0.15) is 42.1 Å². The maximum Gasteiger partial charge on any atom is 0.251 e. The molecule has 0 spiro atoms. The Labute approximate surface area is 229 Å². The number of carbonyl (C=O) groups excluding carboxylic acids is 1. The summed E-state index contributed by atoms with van der Waals surface area (Å²) in [4.78, 5) is 14.4. The van der Waals surface area contributed by atoms with E-state index in [1.54, 1.807) is 33.3 Å². The molecule has 4 unspecified atom stereocenters. The number of morpholine rings is 1. The third-order valence-corrected chi connectivity index (χ3v) is 9.44. The van der Waals surface area contributed by atoms with E-state index in [9.17, 15) is 4.79 Å². The van der Waals surface area contributed by atoms with Gasteiger partial charge in [-0.3, -0.25) is 4.79 Å². The minimum Gasteiger partial charge on any atom is -0.493 e. The Morgan fingerprint density at radius 3 is 2.37 bits per heavy atom. The lowest BCUT2D eigenvalue weighted by atomic mass is 9.86. The summed E-state index contributed by atoms with van der Waals surface area (Å²) in [5.74, 6) is 3.78. The zero-order chi connectivity index (χ0) is 26.6. The normalized spacial score (nSPS) is 24.7. The highest BCUT2D eigenvalue weighted by molar-refractivity contribution is 7.97. The third kappa shape index (κ3) is 5.70. The van der Waals surface area contributed by atoms with Crippen LogP contribution in [0.15, 0.2) is 35.2 Å². The number of carbonyl (C=O) groups is 1. The van der Waals surface area contributed by atoms with E-state index in [-0.39, 0.29) is 11.9 Å². The third-order valence-electron chi connectivity index (χ3n) is 8.28. The molecule has 1 heterocycles. The molecule has 1 saturated heterocycles. The Morgan fingerprint density at radius 2 is 1.74 bits per heavy atom. The zero-order valence-corrected chi connectivity index (χ0v) is 23.6. The Kier molecular flexibility index (Phi) is 8.55. The number of benzene rings is 2. The summed E-state index contributed by atoms with van der Waals surface area (Å²) in [6.07, 6.45) is 3.81. The Balaban J connectivity index is 1.35. The van der Waals surface area contributed by atoms with Gasteiger partial charge >= 0.3 is 0 Å². The van der Waals surface area contributed by atoms with E-state index in [2.05, 4.69) is 21.9 Å². The Hall–Kier alpha value is -2.62. The molecule has 206 valence electrons. The Morgan fingerprint density at radius 1 is 1.03 bits per heavy atom. The fourth-order valence-electron chi connectivity index (χ4n) is 6.16. The maximum absolute atomic E-state index is 13.3. The molecule has 0 radical (unpaired) electrons. The van der Waals surface area contributed by atoms with Crippen LogP contribution in [0.3, 0.4) is 0 Å². The van der Waals surface area contributed by atoms with Crippen molar-refractivity contribution >= 4 is 23.5 Å². The van der Waals surface area contributed by atoms with E-state index < -0.39 is 0 Å². The number of nitrogens with one attached hydrogen (secondary N) is 2. The molecule has 3 fully saturated rings. The average molecular weight is 542 g/mol. The highest BCUT2D eigenvalue weighted by atomic mass is 32.2. The summed E-state index contributed by atoms with van der Waals surface area (Å²) >= 11 is 1.68. The second-order valence-electron chi connectivity index (χ2n) is 10.4. The van der Waals surface area contributed by atoms with E-state index in [0.29, 0.717) is 54.4 Å². The predicted molar refractivity (Wildman–Crippen MR) is 149 cm³/mol. The van der Waals surface area contributed by atoms with Gasteiger partial charge in [0.15, 0.2) is 11.5 Å². The SMILES string of the molecule is COc1cc(CNc2ccc(C(=O)NC3C4CCC(C4)C3C)cc2SN2CCOCC2)cc(OC)c1OC. The molecule has 9 heteroatoms. The van der Waals surface area contributed by atoms with Gasteiger partial charge in [0, 0.05) is 41.8 Å². The standard InChI is InChI=1S/C29H39N3O5S/c1-18-20-5-6-21(15-20)27(18)31-29(33)22-7-8-23(26(16-22)38-32-9-11-37-12-10-32)30-17-19-13-24(34-2)28(36-4)25(14-19)35-3/h7-8,13-14,16,18,20-21,27,30H,5-6,9-12,15,17H2,1-4H3,(H,31,33). The number of ether oxygens (including phenoxy) is 4. The van der Waals surface area contributed by atoms with Gasteiger partial charge in [0.25, 0.3) is 5.91 Å². The van der Waals surface area contributed by atoms with Gasteiger partial charge in [-0.2, -0.15) is 0 Å². The lowest BCUT2D eigenvalue weighted by molar-refractivity contribution is 0.0773. The molecule has 2 aromatic rings. The second kappa shape index (κ2) is 12.1. The van der Waals surface area contributed by atoms with Crippen molar-refractivity contribution in [1.82, 2.24) is 9.62 Å². The summed E-state index contributed by atoms with van der Waals surface area (Å²) in [6.45, 7) is 5.96. The molecule has 8 nitrogen and oxygen atoms in total. The van der Waals surface area contributed by atoms with Crippen LogP contribution in [0.2, 0.25) is 0 Å². The number of amides is 1. The number of anilines is 1. The fraction of sp³-hybridized carbons (Fsp3) is 0.552. The van der Waals surface area contributed by atoms with Crippen molar-refractivity contribution in [3.63, 3.8) is 0 Å². The highest BCUT2D eigenvalue weighted by Crippen LogP contribution is 2.48. The van der Waals surface area contributed by atoms with Crippen LogP contribution >= 0.6 is 11.9 Å². The van der Waals surface area contributed by atoms with Gasteiger partial charge in [0.2, 0.25) is 5.75 Å². The smallest absolute Gasteiger partial charge is 0.251 e. The zero-order valence-electron chi connectivity index (χ0n) is 22.7. The molecule has 1 aliphatic heterocycles. The van der Waals surface area contributed by atoms with Crippen LogP contribution in [0.4, 0.5) is 5.69 Å². The van der Waals surface area contributed by atoms with Crippen molar-refractivity contribution in [3.05, 3.63) is 41.5 Å². The maximum atomic E-state index is 13.3. The predicted octanol–water partition coefficient (Wildman–Crippen LogP) is 4.83. The molecule has 4 atom stereocenters.